The number of phenols is 1. The number of benzene rings is 2. The quantitative estimate of drug-likeness (QED) is 0.612. The first-order valence-electron chi connectivity index (χ1n) is 11.6. The van der Waals surface area contributed by atoms with Crippen molar-refractivity contribution in [2.45, 2.75) is 76.4 Å². The minimum atomic E-state index is 0.0974. The van der Waals surface area contributed by atoms with Crippen LogP contribution in [0.4, 0.5) is 5.69 Å². The van der Waals surface area contributed by atoms with E-state index in [2.05, 4.69) is 48.2 Å². The summed E-state index contributed by atoms with van der Waals surface area (Å²) in [7, 11) is 0. The zero-order chi connectivity index (χ0) is 20.9. The van der Waals surface area contributed by atoms with Crippen LogP contribution in [0.3, 0.4) is 0 Å². The average molecular weight is 410 g/mol. The zero-order valence-electron chi connectivity index (χ0n) is 18.1. The van der Waals surface area contributed by atoms with Gasteiger partial charge < -0.3 is 19.8 Å². The SMILES string of the molecule is CC(CCCc1ccccc1)Oc1cc(O)c2c(c1)N1CCCCC1CC2CCO. The standard InChI is InChI=1S/C26H35NO3/c1-19(8-7-11-20-9-3-2-4-10-20)30-23-17-24-26(25(29)18-23)21(13-15-28)16-22-12-5-6-14-27(22)24/h2-4,9-10,17-19,21-22,28-29H,5-8,11-16H2,1H3. The first kappa shape index (κ1) is 21.0. The van der Waals surface area contributed by atoms with Crippen LogP contribution in [0, 0.1) is 0 Å². The minimum absolute atomic E-state index is 0.0974. The molecule has 3 unspecified atom stereocenters. The highest BCUT2D eigenvalue weighted by Crippen LogP contribution is 2.48. The van der Waals surface area contributed by atoms with E-state index in [9.17, 15) is 10.2 Å². The number of rotatable bonds is 8. The second-order valence-electron chi connectivity index (χ2n) is 8.97. The number of anilines is 1. The summed E-state index contributed by atoms with van der Waals surface area (Å²) in [6, 6.07) is 15.0. The predicted molar refractivity (Wildman–Crippen MR) is 122 cm³/mol. The van der Waals surface area contributed by atoms with Gasteiger partial charge in [0.05, 0.1) is 6.10 Å². The summed E-state index contributed by atoms with van der Waals surface area (Å²) >= 11 is 0. The van der Waals surface area contributed by atoms with Crippen LogP contribution in [0.15, 0.2) is 42.5 Å². The molecular weight excluding hydrogens is 374 g/mol. The Kier molecular flexibility index (Phi) is 6.83. The lowest BCUT2D eigenvalue weighted by atomic mass is 9.80. The fourth-order valence-electron chi connectivity index (χ4n) is 5.28. The van der Waals surface area contributed by atoms with Gasteiger partial charge in [-0.1, -0.05) is 30.3 Å². The summed E-state index contributed by atoms with van der Waals surface area (Å²) in [6.45, 7) is 3.31. The van der Waals surface area contributed by atoms with Crippen molar-refractivity contribution in [1.29, 1.82) is 0 Å². The summed E-state index contributed by atoms with van der Waals surface area (Å²) in [5.74, 6) is 1.30. The number of fused-ring (bicyclic) bond motifs is 3. The molecule has 0 bridgehead atoms. The van der Waals surface area contributed by atoms with E-state index in [-0.39, 0.29) is 18.6 Å². The Labute approximate surface area is 180 Å². The molecule has 2 aliphatic heterocycles. The number of hydrogen-bond acceptors (Lipinski definition) is 4. The Morgan fingerprint density at radius 3 is 2.80 bits per heavy atom. The van der Waals surface area contributed by atoms with Gasteiger partial charge in [0.1, 0.15) is 11.5 Å². The second kappa shape index (κ2) is 9.74. The number of aromatic hydroxyl groups is 1. The van der Waals surface area contributed by atoms with Crippen molar-refractivity contribution in [3.63, 3.8) is 0 Å². The fraction of sp³-hybridized carbons (Fsp3) is 0.538. The number of aliphatic hydroxyl groups is 1. The molecule has 0 radical (unpaired) electrons. The van der Waals surface area contributed by atoms with Gasteiger partial charge in [0, 0.05) is 42.6 Å². The molecule has 30 heavy (non-hydrogen) atoms. The summed E-state index contributed by atoms with van der Waals surface area (Å²) in [5, 5.41) is 20.4. The number of hydrogen-bond donors (Lipinski definition) is 2. The van der Waals surface area contributed by atoms with Crippen LogP contribution < -0.4 is 9.64 Å². The van der Waals surface area contributed by atoms with Crippen LogP contribution in [0.5, 0.6) is 11.5 Å². The molecule has 0 aromatic heterocycles. The maximum atomic E-state index is 10.9. The lowest BCUT2D eigenvalue weighted by molar-refractivity contribution is 0.207. The van der Waals surface area contributed by atoms with Gasteiger partial charge in [0.15, 0.2) is 0 Å². The van der Waals surface area contributed by atoms with E-state index in [1.54, 1.807) is 6.07 Å². The third-order valence-corrected chi connectivity index (χ3v) is 6.75. The number of ether oxygens (including phenoxy) is 1. The van der Waals surface area contributed by atoms with E-state index in [1.807, 2.05) is 0 Å². The molecule has 4 nitrogen and oxygen atoms in total. The first-order valence-corrected chi connectivity index (χ1v) is 11.6. The van der Waals surface area contributed by atoms with Gasteiger partial charge in [-0.05, 0) is 69.8 Å². The molecule has 2 aromatic carbocycles. The van der Waals surface area contributed by atoms with E-state index in [4.69, 9.17) is 4.74 Å². The van der Waals surface area contributed by atoms with Crippen molar-refractivity contribution in [2.75, 3.05) is 18.1 Å². The van der Waals surface area contributed by atoms with Crippen molar-refractivity contribution in [2.24, 2.45) is 0 Å². The Morgan fingerprint density at radius 1 is 1.17 bits per heavy atom. The number of phenolic OH excluding ortho intramolecular Hbond substituents is 1. The van der Waals surface area contributed by atoms with Gasteiger partial charge in [-0.15, -0.1) is 0 Å². The van der Waals surface area contributed by atoms with E-state index in [0.29, 0.717) is 18.2 Å². The highest BCUT2D eigenvalue weighted by molar-refractivity contribution is 5.66. The first-order chi connectivity index (χ1) is 14.7. The van der Waals surface area contributed by atoms with Crippen LogP contribution in [0.2, 0.25) is 0 Å². The maximum absolute atomic E-state index is 10.9. The molecule has 2 heterocycles. The monoisotopic (exact) mass is 409 g/mol. The van der Waals surface area contributed by atoms with E-state index < -0.39 is 0 Å². The third kappa shape index (κ3) is 4.75. The van der Waals surface area contributed by atoms with Gasteiger partial charge in [0.2, 0.25) is 0 Å². The summed E-state index contributed by atoms with van der Waals surface area (Å²) in [6.07, 6.45) is 8.61. The average Bonchev–Trinajstić information content (AvgIpc) is 2.74. The van der Waals surface area contributed by atoms with Gasteiger partial charge in [-0.25, -0.2) is 0 Å². The molecule has 0 spiro atoms. The number of piperidine rings is 1. The van der Waals surface area contributed by atoms with E-state index in [0.717, 1.165) is 49.2 Å². The van der Waals surface area contributed by atoms with Crippen molar-refractivity contribution in [3.8, 4) is 11.5 Å². The molecule has 4 heteroatoms. The van der Waals surface area contributed by atoms with Crippen LogP contribution in [-0.2, 0) is 6.42 Å². The van der Waals surface area contributed by atoms with Crippen LogP contribution in [0.25, 0.3) is 0 Å². The van der Waals surface area contributed by atoms with Crippen molar-refractivity contribution < 1.29 is 14.9 Å². The van der Waals surface area contributed by atoms with Crippen LogP contribution >= 0.6 is 0 Å². The number of aryl methyl sites for hydroxylation is 1. The molecule has 0 aliphatic carbocycles. The van der Waals surface area contributed by atoms with Gasteiger partial charge in [-0.3, -0.25) is 0 Å². The Bertz CT molecular complexity index is 823. The lowest BCUT2D eigenvalue weighted by Crippen LogP contribution is -2.44. The van der Waals surface area contributed by atoms with Crippen LogP contribution in [-0.4, -0.2) is 35.5 Å². The maximum Gasteiger partial charge on any atom is 0.125 e. The largest absolute Gasteiger partial charge is 0.507 e. The van der Waals surface area contributed by atoms with Crippen molar-refractivity contribution in [3.05, 3.63) is 53.6 Å². The highest BCUT2D eigenvalue weighted by atomic mass is 16.5. The molecule has 1 fully saturated rings. The fourth-order valence-corrected chi connectivity index (χ4v) is 5.28. The molecular formula is C26H35NO3. The highest BCUT2D eigenvalue weighted by Gasteiger charge is 2.36. The summed E-state index contributed by atoms with van der Waals surface area (Å²) < 4.78 is 6.24. The molecule has 0 amide bonds. The van der Waals surface area contributed by atoms with Gasteiger partial charge >= 0.3 is 0 Å². The third-order valence-electron chi connectivity index (χ3n) is 6.75. The summed E-state index contributed by atoms with van der Waals surface area (Å²) in [5.41, 5.74) is 3.49. The Balaban J connectivity index is 1.46. The molecule has 1 saturated heterocycles. The Hall–Kier alpha value is -2.20. The molecule has 4 rings (SSSR count). The molecule has 3 atom stereocenters. The molecule has 162 valence electrons. The van der Waals surface area contributed by atoms with E-state index in [1.165, 1.54) is 24.8 Å². The van der Waals surface area contributed by atoms with Gasteiger partial charge in [-0.2, -0.15) is 0 Å². The topological polar surface area (TPSA) is 52.9 Å². The zero-order valence-corrected chi connectivity index (χ0v) is 18.1. The number of aliphatic hydroxyl groups excluding tert-OH is 1. The second-order valence-corrected chi connectivity index (χ2v) is 8.97. The molecule has 2 N–H and O–H groups in total. The van der Waals surface area contributed by atoms with Gasteiger partial charge in [0.25, 0.3) is 0 Å². The number of nitrogens with zero attached hydrogens (tertiary/aromatic N) is 1. The predicted octanol–water partition coefficient (Wildman–Crippen LogP) is 5.41. The normalized spacial score (nSPS) is 21.6. The summed E-state index contributed by atoms with van der Waals surface area (Å²) in [4.78, 5) is 2.47. The van der Waals surface area contributed by atoms with Crippen molar-refractivity contribution >= 4 is 5.69 Å². The molecule has 2 aromatic rings. The lowest BCUT2D eigenvalue weighted by Gasteiger charge is -2.45. The minimum Gasteiger partial charge on any atom is -0.507 e. The smallest absolute Gasteiger partial charge is 0.125 e. The van der Waals surface area contributed by atoms with Crippen LogP contribution in [0.1, 0.15) is 68.9 Å². The van der Waals surface area contributed by atoms with Crippen molar-refractivity contribution in [1.82, 2.24) is 0 Å². The Morgan fingerprint density at radius 2 is 2.00 bits per heavy atom. The van der Waals surface area contributed by atoms with E-state index >= 15 is 0 Å². The molecule has 2 aliphatic rings. The molecule has 0 saturated carbocycles.